The Hall–Kier alpha value is -1.43. The van der Waals surface area contributed by atoms with Gasteiger partial charge in [-0.25, -0.2) is 0 Å². The second-order valence-corrected chi connectivity index (χ2v) is 5.74. The third-order valence-corrected chi connectivity index (χ3v) is 4.14. The lowest BCUT2D eigenvalue weighted by Gasteiger charge is -1.88. The van der Waals surface area contributed by atoms with Crippen molar-refractivity contribution in [3.63, 3.8) is 0 Å². The Balaban J connectivity index is 1.90. The zero-order valence-corrected chi connectivity index (χ0v) is 11.4. The fraction of sp³-hybridized carbons (Fsp3) is 0. The zero-order valence-electron chi connectivity index (χ0n) is 9.04. The van der Waals surface area contributed by atoms with E-state index in [1.54, 1.807) is 22.7 Å². The molecule has 3 heterocycles. The van der Waals surface area contributed by atoms with Gasteiger partial charge in [0.1, 0.15) is 5.03 Å². The Kier molecular flexibility index (Phi) is 3.27. The summed E-state index contributed by atoms with van der Waals surface area (Å²) < 4.78 is 5.15. The van der Waals surface area contributed by atoms with E-state index in [1.165, 1.54) is 0 Å². The number of aromatic nitrogens is 2. The average Bonchev–Trinajstić information content (AvgIpc) is 3.11. The van der Waals surface area contributed by atoms with Gasteiger partial charge in [0.15, 0.2) is 0 Å². The fourth-order valence-corrected chi connectivity index (χ4v) is 2.95. The van der Waals surface area contributed by atoms with Crippen LogP contribution in [0.3, 0.4) is 0 Å². The van der Waals surface area contributed by atoms with E-state index in [0.29, 0.717) is 16.7 Å². The highest BCUT2D eigenvalue weighted by Crippen LogP contribution is 2.26. The van der Waals surface area contributed by atoms with Crippen LogP contribution in [0.4, 0.5) is 0 Å². The van der Waals surface area contributed by atoms with Crippen LogP contribution in [0.15, 0.2) is 39.5 Å². The van der Waals surface area contributed by atoms with Gasteiger partial charge < -0.3 is 4.52 Å². The van der Waals surface area contributed by atoms with Gasteiger partial charge in [0, 0.05) is 4.88 Å². The van der Waals surface area contributed by atoms with Crippen molar-refractivity contribution in [2.45, 2.75) is 0 Å². The summed E-state index contributed by atoms with van der Waals surface area (Å²) in [6, 6.07) is 7.82. The first-order chi connectivity index (χ1) is 8.83. The molecule has 0 spiro atoms. The van der Waals surface area contributed by atoms with E-state index >= 15 is 0 Å². The van der Waals surface area contributed by atoms with Gasteiger partial charge in [-0.15, -0.1) is 22.7 Å². The number of hydrogen-bond donors (Lipinski definition) is 0. The maximum absolute atomic E-state index is 6.15. The van der Waals surface area contributed by atoms with Crippen molar-refractivity contribution in [2.75, 3.05) is 0 Å². The molecule has 18 heavy (non-hydrogen) atoms. The second kappa shape index (κ2) is 5.06. The summed E-state index contributed by atoms with van der Waals surface area (Å²) in [5.41, 5.74) is 0. The molecular formula is C12H7ClN2OS2. The van der Waals surface area contributed by atoms with Crippen LogP contribution in [0.5, 0.6) is 0 Å². The number of thiophene rings is 2. The lowest BCUT2D eigenvalue weighted by Crippen LogP contribution is -1.77. The van der Waals surface area contributed by atoms with Crippen molar-refractivity contribution >= 4 is 45.4 Å². The van der Waals surface area contributed by atoms with Crippen LogP contribution < -0.4 is 0 Å². The predicted molar refractivity (Wildman–Crippen MR) is 75.7 cm³/mol. The Morgan fingerprint density at radius 1 is 1.22 bits per heavy atom. The maximum Gasteiger partial charge on any atom is 0.269 e. The summed E-state index contributed by atoms with van der Waals surface area (Å²) >= 11 is 9.31. The molecule has 3 aromatic rings. The largest absolute Gasteiger partial charge is 0.333 e. The first-order valence-electron chi connectivity index (χ1n) is 5.11. The highest BCUT2D eigenvalue weighted by atomic mass is 35.5. The van der Waals surface area contributed by atoms with E-state index in [4.69, 9.17) is 16.1 Å². The normalized spacial score (nSPS) is 11.9. The van der Waals surface area contributed by atoms with Crippen molar-refractivity contribution in [1.82, 2.24) is 10.1 Å². The van der Waals surface area contributed by atoms with Crippen molar-refractivity contribution in [1.29, 1.82) is 0 Å². The highest BCUT2D eigenvalue weighted by molar-refractivity contribution is 7.13. The number of rotatable bonds is 3. The molecule has 0 saturated heterocycles. The van der Waals surface area contributed by atoms with Crippen LogP contribution in [0.1, 0.15) is 10.8 Å². The minimum atomic E-state index is 0.341. The molecule has 0 N–H and O–H groups in total. The molecule has 0 atom stereocenters. The molecule has 3 rings (SSSR count). The third kappa shape index (κ3) is 2.38. The van der Waals surface area contributed by atoms with Gasteiger partial charge in [0.05, 0.1) is 4.88 Å². The van der Waals surface area contributed by atoms with E-state index in [9.17, 15) is 0 Å². The van der Waals surface area contributed by atoms with Gasteiger partial charge in [-0.1, -0.05) is 28.9 Å². The minimum Gasteiger partial charge on any atom is -0.333 e. The van der Waals surface area contributed by atoms with Crippen molar-refractivity contribution < 1.29 is 4.52 Å². The quantitative estimate of drug-likeness (QED) is 0.709. The summed E-state index contributed by atoms with van der Waals surface area (Å²) in [6.07, 6.45) is 1.82. The van der Waals surface area contributed by atoms with Crippen LogP contribution in [0.2, 0.25) is 0 Å². The Morgan fingerprint density at radius 2 is 2.06 bits per heavy atom. The predicted octanol–water partition coefficient (Wildman–Crippen LogP) is 4.60. The van der Waals surface area contributed by atoms with Crippen LogP contribution in [0, 0.1) is 0 Å². The Labute approximate surface area is 116 Å². The Morgan fingerprint density at radius 3 is 2.78 bits per heavy atom. The van der Waals surface area contributed by atoms with Gasteiger partial charge in [-0.05, 0) is 29.0 Å². The summed E-state index contributed by atoms with van der Waals surface area (Å²) in [7, 11) is 0. The average molecular weight is 295 g/mol. The summed E-state index contributed by atoms with van der Waals surface area (Å²) in [5, 5.41) is 8.32. The monoisotopic (exact) mass is 294 g/mol. The molecule has 0 fully saturated rings. The molecular weight excluding hydrogens is 288 g/mol. The molecule has 0 saturated carbocycles. The summed E-state index contributed by atoms with van der Waals surface area (Å²) in [5.74, 6) is 0.909. The molecule has 0 radical (unpaired) electrons. The standard InChI is InChI=1S/C12H7ClN2OS2/c13-9(7-8-3-1-5-17-8)12-14-11(15-16-12)10-4-2-6-18-10/h1-7H/b9-7-. The topological polar surface area (TPSA) is 38.9 Å². The number of nitrogens with zero attached hydrogens (tertiary/aromatic N) is 2. The number of halogens is 1. The molecule has 0 aliphatic carbocycles. The SMILES string of the molecule is Cl/C(=C\c1cccs1)c1nc(-c2cccs2)no1. The van der Waals surface area contributed by atoms with Crippen LogP contribution >= 0.6 is 34.3 Å². The van der Waals surface area contributed by atoms with Gasteiger partial charge in [-0.3, -0.25) is 0 Å². The third-order valence-electron chi connectivity index (χ3n) is 2.18. The van der Waals surface area contributed by atoms with E-state index in [1.807, 2.05) is 41.1 Å². The van der Waals surface area contributed by atoms with E-state index in [0.717, 1.165) is 9.75 Å². The first kappa shape index (κ1) is 11.6. The molecule has 0 aliphatic rings. The molecule has 0 aromatic carbocycles. The lowest BCUT2D eigenvalue weighted by atomic mass is 10.4. The van der Waals surface area contributed by atoms with Crippen molar-refractivity contribution in [3.8, 4) is 10.7 Å². The molecule has 90 valence electrons. The van der Waals surface area contributed by atoms with Crippen molar-refractivity contribution in [3.05, 3.63) is 45.8 Å². The minimum absolute atomic E-state index is 0.341. The first-order valence-corrected chi connectivity index (χ1v) is 7.25. The molecule has 6 heteroatoms. The molecule has 0 unspecified atom stereocenters. The van der Waals surface area contributed by atoms with Gasteiger partial charge >= 0.3 is 0 Å². The molecule has 0 aliphatic heterocycles. The smallest absolute Gasteiger partial charge is 0.269 e. The Bertz CT molecular complexity index is 656. The molecule has 3 aromatic heterocycles. The van der Waals surface area contributed by atoms with E-state index in [2.05, 4.69) is 10.1 Å². The van der Waals surface area contributed by atoms with E-state index in [-0.39, 0.29) is 0 Å². The maximum atomic E-state index is 6.15. The van der Waals surface area contributed by atoms with Crippen molar-refractivity contribution in [2.24, 2.45) is 0 Å². The zero-order chi connectivity index (χ0) is 12.4. The number of hydrogen-bond acceptors (Lipinski definition) is 5. The summed E-state index contributed by atoms with van der Waals surface area (Å²) in [4.78, 5) is 6.29. The molecule has 0 amide bonds. The van der Waals surface area contributed by atoms with Gasteiger partial charge in [0.2, 0.25) is 5.82 Å². The fourth-order valence-electron chi connectivity index (χ4n) is 1.39. The van der Waals surface area contributed by atoms with Crippen LogP contribution in [0.25, 0.3) is 21.8 Å². The van der Waals surface area contributed by atoms with Gasteiger partial charge in [0.25, 0.3) is 5.89 Å². The highest BCUT2D eigenvalue weighted by Gasteiger charge is 2.12. The van der Waals surface area contributed by atoms with Crippen LogP contribution in [-0.4, -0.2) is 10.1 Å². The molecule has 0 bridgehead atoms. The lowest BCUT2D eigenvalue weighted by molar-refractivity contribution is 0.410. The molecule has 3 nitrogen and oxygen atoms in total. The van der Waals surface area contributed by atoms with E-state index < -0.39 is 0 Å². The summed E-state index contributed by atoms with van der Waals surface area (Å²) in [6.45, 7) is 0. The second-order valence-electron chi connectivity index (χ2n) is 3.41. The van der Waals surface area contributed by atoms with Gasteiger partial charge in [-0.2, -0.15) is 4.98 Å². The van der Waals surface area contributed by atoms with Crippen LogP contribution in [-0.2, 0) is 0 Å².